The highest BCUT2D eigenvalue weighted by Crippen LogP contribution is 2.23. The Morgan fingerprint density at radius 2 is 2.12 bits per heavy atom. The number of thioether (sulfide) groups is 1. The van der Waals surface area contributed by atoms with Crippen LogP contribution in [0.5, 0.6) is 0 Å². The Kier molecular flexibility index (Phi) is 4.49. The Morgan fingerprint density at radius 1 is 1.38 bits per heavy atom. The van der Waals surface area contributed by atoms with Gasteiger partial charge in [0, 0.05) is 38.0 Å². The Balaban J connectivity index is 1.75. The highest BCUT2D eigenvalue weighted by molar-refractivity contribution is 7.99. The fraction of sp³-hybridized carbons (Fsp3) is 0.909. The number of nitrogens with zero attached hydrogens (tertiary/aromatic N) is 2. The molecule has 1 atom stereocenters. The smallest absolute Gasteiger partial charge is 0.236 e. The van der Waals surface area contributed by atoms with Crippen molar-refractivity contribution < 1.29 is 4.79 Å². The number of piperazine rings is 1. The van der Waals surface area contributed by atoms with Crippen molar-refractivity contribution in [2.45, 2.75) is 12.5 Å². The topological polar surface area (TPSA) is 35.6 Å². The molecule has 5 heteroatoms. The van der Waals surface area contributed by atoms with Crippen molar-refractivity contribution in [1.29, 1.82) is 0 Å². The predicted molar refractivity (Wildman–Crippen MR) is 67.8 cm³/mol. The molecule has 92 valence electrons. The summed E-state index contributed by atoms with van der Waals surface area (Å²) in [7, 11) is 1.82. The minimum absolute atomic E-state index is 0.239. The molecule has 0 radical (unpaired) electrons. The number of hydrogen-bond donors (Lipinski definition) is 1. The van der Waals surface area contributed by atoms with Crippen LogP contribution in [0.2, 0.25) is 0 Å². The van der Waals surface area contributed by atoms with Crippen LogP contribution in [-0.4, -0.2) is 73.0 Å². The molecule has 0 aromatic heterocycles. The fourth-order valence-corrected chi connectivity index (χ4v) is 3.66. The second kappa shape index (κ2) is 5.89. The van der Waals surface area contributed by atoms with Crippen LogP contribution in [0.3, 0.4) is 0 Å². The minimum Gasteiger partial charge on any atom is -0.339 e. The lowest BCUT2D eigenvalue weighted by Gasteiger charge is -2.37. The SMILES string of the molecule is CNCC(=O)N1CCN([C@H]2CCSC2)CC1. The van der Waals surface area contributed by atoms with Crippen LogP contribution in [0.4, 0.5) is 0 Å². The summed E-state index contributed by atoms with van der Waals surface area (Å²) in [4.78, 5) is 16.2. The highest BCUT2D eigenvalue weighted by Gasteiger charge is 2.27. The van der Waals surface area contributed by atoms with Gasteiger partial charge >= 0.3 is 0 Å². The summed E-state index contributed by atoms with van der Waals surface area (Å²) in [6, 6.07) is 0.770. The third-order valence-corrected chi connectivity index (χ3v) is 4.56. The van der Waals surface area contributed by atoms with Gasteiger partial charge in [0.05, 0.1) is 6.54 Å². The molecule has 4 nitrogen and oxygen atoms in total. The predicted octanol–water partition coefficient (Wildman–Crippen LogP) is -0.144. The summed E-state index contributed by atoms with van der Waals surface area (Å²) in [6.07, 6.45) is 1.33. The summed E-state index contributed by atoms with van der Waals surface area (Å²) < 4.78 is 0. The molecule has 16 heavy (non-hydrogen) atoms. The van der Waals surface area contributed by atoms with Crippen LogP contribution < -0.4 is 5.32 Å². The van der Waals surface area contributed by atoms with E-state index in [-0.39, 0.29) is 5.91 Å². The maximum atomic E-state index is 11.7. The Hall–Kier alpha value is -0.260. The van der Waals surface area contributed by atoms with Crippen LogP contribution in [0.15, 0.2) is 0 Å². The van der Waals surface area contributed by atoms with Gasteiger partial charge in [-0.15, -0.1) is 0 Å². The fourth-order valence-electron chi connectivity index (χ4n) is 2.41. The molecule has 1 N–H and O–H groups in total. The van der Waals surface area contributed by atoms with Gasteiger partial charge in [-0.05, 0) is 19.2 Å². The van der Waals surface area contributed by atoms with E-state index in [1.54, 1.807) is 0 Å². The largest absolute Gasteiger partial charge is 0.339 e. The summed E-state index contributed by atoms with van der Waals surface area (Å²) >= 11 is 2.06. The average Bonchev–Trinajstić information content (AvgIpc) is 2.83. The molecule has 2 heterocycles. The standard InChI is InChI=1S/C11H21N3OS/c1-12-8-11(15)14-5-3-13(4-6-14)10-2-7-16-9-10/h10,12H,2-9H2,1H3/t10-/m0/s1. The van der Waals surface area contributed by atoms with E-state index in [2.05, 4.69) is 22.0 Å². The zero-order valence-corrected chi connectivity index (χ0v) is 10.8. The third-order valence-electron chi connectivity index (χ3n) is 3.42. The Morgan fingerprint density at radius 3 is 2.69 bits per heavy atom. The van der Waals surface area contributed by atoms with E-state index in [1.807, 2.05) is 11.9 Å². The Bertz CT molecular complexity index is 235. The molecule has 2 aliphatic heterocycles. The lowest BCUT2D eigenvalue weighted by atomic mass is 10.2. The van der Waals surface area contributed by atoms with Crippen molar-refractivity contribution in [3.05, 3.63) is 0 Å². The zero-order chi connectivity index (χ0) is 11.4. The number of nitrogens with one attached hydrogen (secondary N) is 1. The van der Waals surface area contributed by atoms with Crippen molar-refractivity contribution in [2.75, 3.05) is 51.3 Å². The molecule has 0 aromatic carbocycles. The molecule has 2 aliphatic rings. The van der Waals surface area contributed by atoms with Crippen molar-refractivity contribution in [3.8, 4) is 0 Å². The second-order valence-corrected chi connectivity index (χ2v) is 5.61. The molecule has 2 saturated heterocycles. The minimum atomic E-state index is 0.239. The van der Waals surface area contributed by atoms with Gasteiger partial charge < -0.3 is 10.2 Å². The third kappa shape index (κ3) is 2.90. The molecule has 0 spiro atoms. The lowest BCUT2D eigenvalue weighted by molar-refractivity contribution is -0.132. The maximum Gasteiger partial charge on any atom is 0.236 e. The second-order valence-electron chi connectivity index (χ2n) is 4.46. The van der Waals surface area contributed by atoms with Gasteiger partial charge in [0.1, 0.15) is 0 Å². The number of carbonyl (C=O) groups is 1. The molecular formula is C11H21N3OS. The van der Waals surface area contributed by atoms with Gasteiger partial charge in [-0.3, -0.25) is 9.69 Å². The van der Waals surface area contributed by atoms with Gasteiger partial charge in [-0.25, -0.2) is 0 Å². The first-order valence-electron chi connectivity index (χ1n) is 6.05. The van der Waals surface area contributed by atoms with Crippen molar-refractivity contribution >= 4 is 17.7 Å². The molecule has 0 aliphatic carbocycles. The summed E-state index contributed by atoms with van der Waals surface area (Å²) in [5.41, 5.74) is 0. The normalized spacial score (nSPS) is 27.3. The quantitative estimate of drug-likeness (QED) is 0.748. The van der Waals surface area contributed by atoms with Crippen LogP contribution in [0.25, 0.3) is 0 Å². The monoisotopic (exact) mass is 243 g/mol. The first-order chi connectivity index (χ1) is 7.81. The molecule has 0 saturated carbocycles. The highest BCUT2D eigenvalue weighted by atomic mass is 32.2. The van der Waals surface area contributed by atoms with Crippen LogP contribution in [-0.2, 0) is 4.79 Å². The van der Waals surface area contributed by atoms with Gasteiger partial charge in [0.25, 0.3) is 0 Å². The van der Waals surface area contributed by atoms with E-state index in [0.717, 1.165) is 32.2 Å². The summed E-state index contributed by atoms with van der Waals surface area (Å²) in [5, 5.41) is 2.92. The van der Waals surface area contributed by atoms with E-state index in [9.17, 15) is 4.79 Å². The lowest BCUT2D eigenvalue weighted by Crippen LogP contribution is -2.53. The molecule has 2 rings (SSSR count). The van der Waals surface area contributed by atoms with Gasteiger partial charge in [-0.2, -0.15) is 11.8 Å². The van der Waals surface area contributed by atoms with Gasteiger partial charge in [0.15, 0.2) is 0 Å². The first-order valence-corrected chi connectivity index (χ1v) is 7.21. The van der Waals surface area contributed by atoms with Gasteiger partial charge in [-0.1, -0.05) is 0 Å². The van der Waals surface area contributed by atoms with E-state index < -0.39 is 0 Å². The number of amides is 1. The number of likely N-dealkylation sites (N-methyl/N-ethyl adjacent to an activating group) is 1. The zero-order valence-electron chi connectivity index (χ0n) is 9.95. The van der Waals surface area contributed by atoms with Crippen molar-refractivity contribution in [1.82, 2.24) is 15.1 Å². The summed E-state index contributed by atoms with van der Waals surface area (Å²) in [6.45, 7) is 4.39. The molecule has 0 bridgehead atoms. The van der Waals surface area contributed by atoms with Crippen molar-refractivity contribution in [3.63, 3.8) is 0 Å². The van der Waals surface area contributed by atoms with Crippen molar-refractivity contribution in [2.24, 2.45) is 0 Å². The molecule has 0 unspecified atom stereocenters. The maximum absolute atomic E-state index is 11.7. The molecule has 0 aromatic rings. The van der Waals surface area contributed by atoms with E-state index in [1.165, 1.54) is 17.9 Å². The van der Waals surface area contributed by atoms with E-state index in [0.29, 0.717) is 6.54 Å². The Labute approximate surface area is 102 Å². The van der Waals surface area contributed by atoms with Crippen LogP contribution >= 0.6 is 11.8 Å². The van der Waals surface area contributed by atoms with E-state index in [4.69, 9.17) is 0 Å². The number of carbonyl (C=O) groups excluding carboxylic acids is 1. The first kappa shape index (κ1) is 12.2. The molecule has 1 amide bonds. The molecule has 2 fully saturated rings. The van der Waals surface area contributed by atoms with Gasteiger partial charge in [0.2, 0.25) is 5.91 Å². The van der Waals surface area contributed by atoms with Crippen LogP contribution in [0.1, 0.15) is 6.42 Å². The summed E-state index contributed by atoms with van der Waals surface area (Å²) in [5.74, 6) is 2.83. The molecular weight excluding hydrogens is 222 g/mol. The number of rotatable bonds is 3. The van der Waals surface area contributed by atoms with Crippen LogP contribution in [0, 0.1) is 0 Å². The van der Waals surface area contributed by atoms with E-state index >= 15 is 0 Å². The average molecular weight is 243 g/mol. The number of hydrogen-bond acceptors (Lipinski definition) is 4.